The van der Waals surface area contributed by atoms with Crippen LogP contribution in [0.15, 0.2) is 22.6 Å². The molecule has 0 bridgehead atoms. The molecule has 0 saturated carbocycles. The molecule has 0 aliphatic heterocycles. The van der Waals surface area contributed by atoms with E-state index in [0.717, 1.165) is 0 Å². The van der Waals surface area contributed by atoms with E-state index >= 15 is 0 Å². The van der Waals surface area contributed by atoms with E-state index in [0.29, 0.717) is 11.8 Å². The highest BCUT2D eigenvalue weighted by Gasteiger charge is 2.12. The maximum Gasteiger partial charge on any atom is 0.260 e. The van der Waals surface area contributed by atoms with E-state index in [1.54, 1.807) is 12.1 Å². The van der Waals surface area contributed by atoms with Gasteiger partial charge in [-0.05, 0) is 12.1 Å². The van der Waals surface area contributed by atoms with Crippen LogP contribution in [0.25, 0.3) is 11.1 Å². The third kappa shape index (κ3) is 1.15. The van der Waals surface area contributed by atoms with Crippen LogP contribution in [0.1, 0.15) is 21.0 Å². The van der Waals surface area contributed by atoms with Crippen LogP contribution in [0.5, 0.6) is 0 Å². The number of primary amides is 1. The molecule has 0 atom stereocenters. The van der Waals surface area contributed by atoms with Crippen LogP contribution in [-0.2, 0) is 0 Å². The number of amides is 1. The van der Waals surface area contributed by atoms with Crippen LogP contribution in [-0.4, -0.2) is 17.2 Å². The summed E-state index contributed by atoms with van der Waals surface area (Å²) < 4.78 is 5.03. The Hall–Kier alpha value is -2.17. The largest absolute Gasteiger partial charge is 0.433 e. The van der Waals surface area contributed by atoms with E-state index in [1.807, 2.05) is 0 Å². The molecule has 0 unspecified atom stereocenters. The van der Waals surface area contributed by atoms with Crippen molar-refractivity contribution in [3.05, 3.63) is 29.7 Å². The topological polar surface area (TPSA) is 86.2 Å². The number of fused-ring (bicyclic) bond motifs is 1. The molecule has 0 aliphatic carbocycles. The smallest absolute Gasteiger partial charge is 0.260 e. The summed E-state index contributed by atoms with van der Waals surface area (Å²) >= 11 is 0. The summed E-state index contributed by atoms with van der Waals surface area (Å²) in [6.07, 6.45) is 0.477. The summed E-state index contributed by atoms with van der Waals surface area (Å²) in [6, 6.07) is 4.78. The Labute approximate surface area is 78.5 Å². The van der Waals surface area contributed by atoms with Crippen molar-refractivity contribution in [3.8, 4) is 0 Å². The molecule has 14 heavy (non-hydrogen) atoms. The summed E-state index contributed by atoms with van der Waals surface area (Å²) in [7, 11) is 0. The first kappa shape index (κ1) is 8.43. The minimum Gasteiger partial charge on any atom is -0.433 e. The van der Waals surface area contributed by atoms with Crippen molar-refractivity contribution in [1.29, 1.82) is 0 Å². The number of carbonyl (C=O) groups is 2. The number of benzene rings is 1. The number of rotatable bonds is 2. The summed E-state index contributed by atoms with van der Waals surface area (Å²) in [5.74, 6) is -0.669. The number of oxazole rings is 1. The predicted octanol–water partition coefficient (Wildman–Crippen LogP) is 0.739. The van der Waals surface area contributed by atoms with Crippen molar-refractivity contribution in [1.82, 2.24) is 4.98 Å². The first-order valence-electron chi connectivity index (χ1n) is 3.87. The van der Waals surface area contributed by atoms with Gasteiger partial charge in [-0.1, -0.05) is 6.07 Å². The summed E-state index contributed by atoms with van der Waals surface area (Å²) in [5, 5.41) is 0. The number of aldehydes is 1. The average molecular weight is 190 g/mol. The zero-order valence-corrected chi connectivity index (χ0v) is 7.06. The second kappa shape index (κ2) is 2.95. The second-order valence-electron chi connectivity index (χ2n) is 2.69. The third-order valence-corrected chi connectivity index (χ3v) is 1.80. The van der Waals surface area contributed by atoms with Crippen LogP contribution in [0.2, 0.25) is 0 Å². The van der Waals surface area contributed by atoms with Gasteiger partial charge in [0.15, 0.2) is 5.58 Å². The lowest BCUT2D eigenvalue weighted by Gasteiger charge is -1.93. The highest BCUT2D eigenvalue weighted by atomic mass is 16.4. The molecule has 2 N–H and O–H groups in total. The lowest BCUT2D eigenvalue weighted by Crippen LogP contribution is -2.10. The lowest BCUT2D eigenvalue weighted by molar-refractivity contribution is 0.0999. The van der Waals surface area contributed by atoms with Gasteiger partial charge in [0.1, 0.15) is 5.52 Å². The molecular weight excluding hydrogens is 184 g/mol. The Morgan fingerprint density at radius 1 is 1.50 bits per heavy atom. The van der Waals surface area contributed by atoms with E-state index in [9.17, 15) is 9.59 Å². The average Bonchev–Trinajstić information content (AvgIpc) is 2.59. The Bertz CT molecular complexity index is 516. The van der Waals surface area contributed by atoms with E-state index < -0.39 is 5.91 Å². The second-order valence-corrected chi connectivity index (χ2v) is 2.69. The number of nitrogens with two attached hydrogens (primary N) is 1. The molecule has 2 rings (SSSR count). The van der Waals surface area contributed by atoms with Crippen LogP contribution in [0.4, 0.5) is 0 Å². The number of carbonyl (C=O) groups excluding carboxylic acids is 2. The van der Waals surface area contributed by atoms with E-state index in [4.69, 9.17) is 10.2 Å². The zero-order valence-electron chi connectivity index (χ0n) is 7.06. The minimum absolute atomic E-state index is 0.0614. The van der Waals surface area contributed by atoms with Gasteiger partial charge in [0.25, 0.3) is 11.8 Å². The van der Waals surface area contributed by atoms with E-state index in [1.165, 1.54) is 6.07 Å². The number of hydrogen-bond acceptors (Lipinski definition) is 4. The fourth-order valence-corrected chi connectivity index (χ4v) is 1.21. The molecule has 5 heteroatoms. The Morgan fingerprint density at radius 2 is 2.29 bits per heavy atom. The fraction of sp³-hybridized carbons (Fsp3) is 0. The molecule has 0 spiro atoms. The SMILES string of the molecule is NC(=O)c1cccc2nc(C=O)oc12. The molecule has 1 aromatic carbocycles. The zero-order chi connectivity index (χ0) is 10.1. The van der Waals surface area contributed by atoms with Gasteiger partial charge in [0.05, 0.1) is 5.56 Å². The van der Waals surface area contributed by atoms with E-state index in [2.05, 4.69) is 4.98 Å². The van der Waals surface area contributed by atoms with Crippen LogP contribution in [0.3, 0.4) is 0 Å². The molecule has 0 aliphatic rings. The first-order valence-corrected chi connectivity index (χ1v) is 3.87. The summed E-state index contributed by atoms with van der Waals surface area (Å²) in [6.45, 7) is 0. The molecule has 1 heterocycles. The molecule has 1 amide bonds. The molecule has 0 saturated heterocycles. The highest BCUT2D eigenvalue weighted by Crippen LogP contribution is 2.18. The van der Waals surface area contributed by atoms with Crippen LogP contribution in [0, 0.1) is 0 Å². The summed E-state index contributed by atoms with van der Waals surface area (Å²) in [5.41, 5.74) is 6.04. The van der Waals surface area contributed by atoms with Gasteiger partial charge in [-0.25, -0.2) is 4.98 Å². The molecular formula is C9H6N2O3. The van der Waals surface area contributed by atoms with Gasteiger partial charge in [0.2, 0.25) is 6.29 Å². The maximum atomic E-state index is 11.0. The summed E-state index contributed by atoms with van der Waals surface area (Å²) in [4.78, 5) is 25.2. The molecule has 70 valence electrons. The molecule has 5 nitrogen and oxygen atoms in total. The van der Waals surface area contributed by atoms with Gasteiger partial charge in [-0.2, -0.15) is 0 Å². The van der Waals surface area contributed by atoms with Crippen molar-refractivity contribution in [2.75, 3.05) is 0 Å². The number of para-hydroxylation sites is 1. The van der Waals surface area contributed by atoms with Crippen molar-refractivity contribution >= 4 is 23.3 Å². The number of aromatic nitrogens is 1. The quantitative estimate of drug-likeness (QED) is 0.707. The number of hydrogen-bond donors (Lipinski definition) is 1. The standard InChI is InChI=1S/C9H6N2O3/c10-9(13)5-2-1-3-6-8(5)14-7(4-12)11-6/h1-4H,(H2,10,13). The van der Waals surface area contributed by atoms with Gasteiger partial charge in [-0.3, -0.25) is 9.59 Å². The monoisotopic (exact) mass is 190 g/mol. The van der Waals surface area contributed by atoms with Crippen molar-refractivity contribution in [2.24, 2.45) is 5.73 Å². The number of nitrogens with zero attached hydrogens (tertiary/aromatic N) is 1. The molecule has 0 fully saturated rings. The highest BCUT2D eigenvalue weighted by molar-refractivity contribution is 6.03. The lowest BCUT2D eigenvalue weighted by atomic mass is 10.2. The molecule has 0 radical (unpaired) electrons. The normalized spacial score (nSPS) is 10.3. The van der Waals surface area contributed by atoms with Crippen LogP contribution < -0.4 is 5.73 Å². The Morgan fingerprint density at radius 3 is 2.93 bits per heavy atom. The van der Waals surface area contributed by atoms with Gasteiger partial charge in [-0.15, -0.1) is 0 Å². The predicted molar refractivity (Wildman–Crippen MR) is 47.9 cm³/mol. The Balaban J connectivity index is 2.79. The van der Waals surface area contributed by atoms with Gasteiger partial charge >= 0.3 is 0 Å². The maximum absolute atomic E-state index is 11.0. The minimum atomic E-state index is -0.607. The fourth-order valence-electron chi connectivity index (χ4n) is 1.21. The Kier molecular flexibility index (Phi) is 1.78. The van der Waals surface area contributed by atoms with Crippen molar-refractivity contribution in [2.45, 2.75) is 0 Å². The van der Waals surface area contributed by atoms with Gasteiger partial charge < -0.3 is 10.2 Å². The molecule has 1 aromatic heterocycles. The van der Waals surface area contributed by atoms with Gasteiger partial charge in [0, 0.05) is 0 Å². The van der Waals surface area contributed by atoms with E-state index in [-0.39, 0.29) is 17.0 Å². The van der Waals surface area contributed by atoms with Crippen molar-refractivity contribution in [3.63, 3.8) is 0 Å². The third-order valence-electron chi connectivity index (χ3n) is 1.80. The molecule has 2 aromatic rings. The first-order chi connectivity index (χ1) is 6.72. The van der Waals surface area contributed by atoms with Crippen LogP contribution >= 0.6 is 0 Å². The van der Waals surface area contributed by atoms with Crippen molar-refractivity contribution < 1.29 is 14.0 Å².